The lowest BCUT2D eigenvalue weighted by atomic mass is 9.97. The van der Waals surface area contributed by atoms with E-state index in [1.54, 1.807) is 41.1 Å². The zero-order valence-corrected chi connectivity index (χ0v) is 20.8. The summed E-state index contributed by atoms with van der Waals surface area (Å²) in [4.78, 5) is 35.9. The molecule has 0 spiro atoms. The Kier molecular flexibility index (Phi) is 6.64. The molecule has 10 heteroatoms. The summed E-state index contributed by atoms with van der Waals surface area (Å²) in [5.74, 6) is -0.00566. The number of aromatic nitrogens is 3. The molecule has 36 heavy (non-hydrogen) atoms. The van der Waals surface area contributed by atoms with E-state index in [9.17, 15) is 22.8 Å². The number of alkyl halides is 3. The quantitative estimate of drug-likeness (QED) is 0.549. The van der Waals surface area contributed by atoms with Gasteiger partial charge in [0.05, 0.1) is 23.3 Å². The fourth-order valence-corrected chi connectivity index (χ4v) is 4.73. The highest BCUT2D eigenvalue weighted by atomic mass is 19.4. The molecule has 0 bridgehead atoms. The number of fused-ring (bicyclic) bond motifs is 1. The molecule has 7 nitrogen and oxygen atoms in total. The van der Waals surface area contributed by atoms with Gasteiger partial charge in [-0.25, -0.2) is 4.98 Å². The first kappa shape index (κ1) is 25.4. The number of amides is 1. The highest BCUT2D eigenvalue weighted by Gasteiger charge is 2.33. The van der Waals surface area contributed by atoms with E-state index in [1.807, 2.05) is 12.1 Å². The number of nitrogens with zero attached hydrogens (tertiary/aromatic N) is 5. The number of hydrogen-bond acceptors (Lipinski definition) is 4. The van der Waals surface area contributed by atoms with Crippen molar-refractivity contribution in [1.82, 2.24) is 19.0 Å². The van der Waals surface area contributed by atoms with E-state index in [0.29, 0.717) is 41.7 Å². The van der Waals surface area contributed by atoms with Crippen LogP contribution in [0.25, 0.3) is 16.5 Å². The third kappa shape index (κ3) is 4.59. The van der Waals surface area contributed by atoms with Gasteiger partial charge in [-0.05, 0) is 49.1 Å². The van der Waals surface area contributed by atoms with Crippen molar-refractivity contribution in [2.45, 2.75) is 39.4 Å². The number of carbonyl (C=O) groups is 1. The van der Waals surface area contributed by atoms with Gasteiger partial charge in [0.2, 0.25) is 5.91 Å². The summed E-state index contributed by atoms with van der Waals surface area (Å²) in [7, 11) is 3.41. The van der Waals surface area contributed by atoms with E-state index in [-0.39, 0.29) is 22.5 Å². The Labute approximate surface area is 206 Å². The van der Waals surface area contributed by atoms with Crippen LogP contribution in [0.1, 0.15) is 48.7 Å². The third-order valence-electron chi connectivity index (χ3n) is 6.78. The molecule has 3 heterocycles. The second kappa shape index (κ2) is 9.40. The summed E-state index contributed by atoms with van der Waals surface area (Å²) in [5, 5.41) is 0.518. The molecule has 0 saturated heterocycles. The Morgan fingerprint density at radius 1 is 1.22 bits per heavy atom. The van der Waals surface area contributed by atoms with Crippen LogP contribution in [0.15, 0.2) is 46.5 Å². The van der Waals surface area contributed by atoms with Crippen molar-refractivity contribution in [3.8, 4) is 0 Å². The number of pyridine rings is 1. The lowest BCUT2D eigenvalue weighted by Gasteiger charge is -2.26. The van der Waals surface area contributed by atoms with E-state index in [0.717, 1.165) is 11.6 Å². The van der Waals surface area contributed by atoms with E-state index in [4.69, 9.17) is 0 Å². The molecule has 3 aromatic rings. The van der Waals surface area contributed by atoms with Crippen molar-refractivity contribution < 1.29 is 18.0 Å². The fraction of sp³-hybridized carbons (Fsp3) is 0.385. The predicted octanol–water partition coefficient (Wildman–Crippen LogP) is 3.90. The van der Waals surface area contributed by atoms with Crippen molar-refractivity contribution in [3.05, 3.63) is 74.9 Å². The van der Waals surface area contributed by atoms with Crippen LogP contribution < -0.4 is 11.0 Å². The summed E-state index contributed by atoms with van der Waals surface area (Å²) in [6.07, 6.45) is -0.443. The number of carbonyl (C=O) groups excluding carboxylic acids is 1. The molecule has 0 saturated carbocycles. The first-order valence-corrected chi connectivity index (χ1v) is 11.6. The molecule has 1 atom stereocenters. The van der Waals surface area contributed by atoms with Crippen LogP contribution in [-0.4, -0.2) is 38.0 Å². The van der Waals surface area contributed by atoms with E-state index < -0.39 is 17.8 Å². The van der Waals surface area contributed by atoms with Gasteiger partial charge in [-0.3, -0.25) is 14.6 Å². The minimum Gasteiger partial charge on any atom is -0.339 e. The minimum atomic E-state index is -4.46. The smallest absolute Gasteiger partial charge is 0.339 e. The standard InChI is InChI=1S/C26H28F3N5O2/c1-15-19(7-6-8-21(15)26(27,28)29)16(2)31-24-20-13-22(18-9-11-34(12-10-18)17(3)35)33(5)25(36)23(20)32(4)14-30-24/h6-9,13-14,16H,10-12H2,1-5H3/b31-24-. The zero-order chi connectivity index (χ0) is 26.4. The summed E-state index contributed by atoms with van der Waals surface area (Å²) in [6, 6.07) is 5.29. The maximum Gasteiger partial charge on any atom is 0.416 e. The maximum absolute atomic E-state index is 13.4. The fourth-order valence-electron chi connectivity index (χ4n) is 4.73. The molecule has 4 rings (SSSR count). The molecule has 1 aromatic carbocycles. The highest BCUT2D eigenvalue weighted by Crippen LogP contribution is 2.35. The van der Waals surface area contributed by atoms with E-state index >= 15 is 0 Å². The topological polar surface area (TPSA) is 72.5 Å². The van der Waals surface area contributed by atoms with Gasteiger partial charge in [0.1, 0.15) is 5.52 Å². The number of benzene rings is 1. The van der Waals surface area contributed by atoms with Crippen molar-refractivity contribution >= 4 is 22.4 Å². The number of aryl methyl sites for hydroxylation is 1. The Bertz CT molecular complexity index is 1510. The lowest BCUT2D eigenvalue weighted by molar-refractivity contribution is -0.138. The molecule has 1 amide bonds. The molecule has 0 radical (unpaired) electrons. The Balaban J connectivity index is 1.89. The van der Waals surface area contributed by atoms with E-state index in [2.05, 4.69) is 9.98 Å². The average Bonchev–Trinajstić information content (AvgIpc) is 2.82. The molecular weight excluding hydrogens is 471 g/mol. The second-order valence-electron chi connectivity index (χ2n) is 9.10. The minimum absolute atomic E-state index is 0.00566. The van der Waals surface area contributed by atoms with Gasteiger partial charge in [0, 0.05) is 39.8 Å². The molecular formula is C26H28F3N5O2. The van der Waals surface area contributed by atoms with Crippen LogP contribution in [0.2, 0.25) is 0 Å². The Morgan fingerprint density at radius 2 is 1.94 bits per heavy atom. The van der Waals surface area contributed by atoms with Crippen molar-refractivity contribution in [2.24, 2.45) is 19.1 Å². The molecule has 1 aliphatic rings. The highest BCUT2D eigenvalue weighted by molar-refractivity contribution is 5.82. The van der Waals surface area contributed by atoms with Crippen LogP contribution in [0.4, 0.5) is 13.2 Å². The molecule has 0 aliphatic carbocycles. The maximum atomic E-state index is 13.4. The number of halogens is 3. The van der Waals surface area contributed by atoms with Crippen molar-refractivity contribution in [3.63, 3.8) is 0 Å². The van der Waals surface area contributed by atoms with Crippen LogP contribution in [-0.2, 0) is 25.1 Å². The van der Waals surface area contributed by atoms with Gasteiger partial charge in [0.15, 0.2) is 5.49 Å². The van der Waals surface area contributed by atoms with Crippen LogP contribution in [0.5, 0.6) is 0 Å². The normalized spacial score (nSPS) is 15.8. The Morgan fingerprint density at radius 3 is 2.56 bits per heavy atom. The van der Waals surface area contributed by atoms with E-state index in [1.165, 1.54) is 26.2 Å². The van der Waals surface area contributed by atoms with Crippen LogP contribution >= 0.6 is 0 Å². The number of hydrogen-bond donors (Lipinski definition) is 0. The molecule has 2 aromatic heterocycles. The lowest BCUT2D eigenvalue weighted by Crippen LogP contribution is -2.33. The van der Waals surface area contributed by atoms with Crippen molar-refractivity contribution in [1.29, 1.82) is 0 Å². The second-order valence-corrected chi connectivity index (χ2v) is 9.10. The molecule has 0 N–H and O–H groups in total. The van der Waals surface area contributed by atoms with Gasteiger partial charge in [-0.15, -0.1) is 0 Å². The van der Waals surface area contributed by atoms with Gasteiger partial charge in [0.25, 0.3) is 5.56 Å². The van der Waals surface area contributed by atoms with Gasteiger partial charge < -0.3 is 14.0 Å². The third-order valence-corrected chi connectivity index (χ3v) is 6.78. The first-order chi connectivity index (χ1) is 16.9. The monoisotopic (exact) mass is 499 g/mol. The van der Waals surface area contributed by atoms with Gasteiger partial charge in [-0.1, -0.05) is 18.2 Å². The van der Waals surface area contributed by atoms with Crippen molar-refractivity contribution in [2.75, 3.05) is 13.1 Å². The number of rotatable bonds is 3. The predicted molar refractivity (Wildman–Crippen MR) is 131 cm³/mol. The van der Waals surface area contributed by atoms with Gasteiger partial charge >= 0.3 is 6.18 Å². The Hall–Kier alpha value is -3.69. The molecule has 1 unspecified atom stereocenters. The summed E-state index contributed by atoms with van der Waals surface area (Å²) < 4.78 is 43.5. The van der Waals surface area contributed by atoms with Crippen LogP contribution in [0.3, 0.4) is 0 Å². The average molecular weight is 500 g/mol. The molecule has 190 valence electrons. The molecule has 0 fully saturated rings. The molecule has 1 aliphatic heterocycles. The summed E-state index contributed by atoms with van der Waals surface area (Å²) >= 11 is 0. The SMILES string of the molecule is CC(=O)N1CC=C(c2cc3/c(=N/C(C)c4cccc(C(F)(F)F)c4C)ncn(C)c3c(=O)n2C)CC1. The summed E-state index contributed by atoms with van der Waals surface area (Å²) in [6.45, 7) is 5.69. The largest absolute Gasteiger partial charge is 0.416 e. The van der Waals surface area contributed by atoms with Crippen LogP contribution in [0, 0.1) is 6.92 Å². The summed E-state index contributed by atoms with van der Waals surface area (Å²) in [5.41, 5.74) is 1.94. The first-order valence-electron chi connectivity index (χ1n) is 11.6. The van der Waals surface area contributed by atoms with Gasteiger partial charge in [-0.2, -0.15) is 13.2 Å². The zero-order valence-electron chi connectivity index (χ0n) is 20.8.